The van der Waals surface area contributed by atoms with Crippen LogP contribution in [0.15, 0.2) is 0 Å². The van der Waals surface area contributed by atoms with E-state index in [1.807, 2.05) is 4.90 Å². The van der Waals surface area contributed by atoms with Crippen LogP contribution in [0.4, 0.5) is 0 Å². The molecule has 0 aromatic carbocycles. The van der Waals surface area contributed by atoms with Gasteiger partial charge in [-0.1, -0.05) is 0 Å². The van der Waals surface area contributed by atoms with Crippen molar-refractivity contribution in [1.82, 2.24) is 15.1 Å². The number of carbonyl (C=O) groups excluding carboxylic acids is 1. The van der Waals surface area contributed by atoms with E-state index < -0.39 is 0 Å². The third-order valence-corrected chi connectivity index (χ3v) is 3.92. The van der Waals surface area contributed by atoms with E-state index in [9.17, 15) is 4.79 Å². The molecule has 0 spiro atoms. The van der Waals surface area contributed by atoms with Gasteiger partial charge in [0.1, 0.15) is 0 Å². The Balaban J connectivity index is 1.64. The van der Waals surface area contributed by atoms with Gasteiger partial charge < -0.3 is 19.9 Å². The van der Waals surface area contributed by atoms with Crippen molar-refractivity contribution in [2.45, 2.75) is 31.9 Å². The zero-order valence-corrected chi connectivity index (χ0v) is 11.5. The molecular formula is C13H25N3O2. The van der Waals surface area contributed by atoms with E-state index in [2.05, 4.69) is 17.3 Å². The Kier molecular flexibility index (Phi) is 4.97. The van der Waals surface area contributed by atoms with Crippen LogP contribution in [0.1, 0.15) is 19.8 Å². The number of piperidine rings is 1. The van der Waals surface area contributed by atoms with Gasteiger partial charge in [-0.2, -0.15) is 0 Å². The highest BCUT2D eigenvalue weighted by Gasteiger charge is 2.22. The lowest BCUT2D eigenvalue weighted by Gasteiger charge is -2.34. The molecule has 0 bridgehead atoms. The van der Waals surface area contributed by atoms with Gasteiger partial charge in [-0.15, -0.1) is 0 Å². The number of nitrogens with zero attached hydrogens (tertiary/aromatic N) is 2. The van der Waals surface area contributed by atoms with E-state index in [1.54, 1.807) is 6.92 Å². The summed E-state index contributed by atoms with van der Waals surface area (Å²) in [5.74, 6) is 0.200. The highest BCUT2D eigenvalue weighted by Crippen LogP contribution is 2.11. The summed E-state index contributed by atoms with van der Waals surface area (Å²) in [6.07, 6.45) is 2.43. The fraction of sp³-hybridized carbons (Fsp3) is 0.923. The molecule has 1 N–H and O–H groups in total. The van der Waals surface area contributed by atoms with Crippen molar-refractivity contribution in [3.63, 3.8) is 0 Å². The van der Waals surface area contributed by atoms with Crippen molar-refractivity contribution in [2.75, 3.05) is 46.4 Å². The maximum Gasteiger partial charge on any atom is 0.219 e. The van der Waals surface area contributed by atoms with Gasteiger partial charge in [0.2, 0.25) is 5.91 Å². The molecule has 0 radical (unpaired) electrons. The summed E-state index contributed by atoms with van der Waals surface area (Å²) < 4.78 is 5.73. The molecule has 0 aromatic heterocycles. The van der Waals surface area contributed by atoms with Gasteiger partial charge in [0.05, 0.1) is 12.7 Å². The van der Waals surface area contributed by atoms with Crippen LogP contribution < -0.4 is 5.32 Å². The molecular weight excluding hydrogens is 230 g/mol. The van der Waals surface area contributed by atoms with Crippen LogP contribution in [0.25, 0.3) is 0 Å². The van der Waals surface area contributed by atoms with Crippen molar-refractivity contribution in [1.29, 1.82) is 0 Å². The maximum atomic E-state index is 11.2. The zero-order chi connectivity index (χ0) is 13.0. The highest BCUT2D eigenvalue weighted by molar-refractivity contribution is 5.73. The lowest BCUT2D eigenvalue weighted by molar-refractivity contribution is -0.129. The SMILES string of the molecule is CC(=O)N1CCC(NCC2CN(C)CCO2)CC1. The number of likely N-dealkylation sites (N-methyl/N-ethyl adjacent to an activating group) is 1. The minimum absolute atomic E-state index is 0.200. The number of carbonyl (C=O) groups is 1. The van der Waals surface area contributed by atoms with Gasteiger partial charge in [0.15, 0.2) is 0 Å². The molecule has 5 heteroatoms. The quantitative estimate of drug-likeness (QED) is 0.766. The fourth-order valence-electron chi connectivity index (χ4n) is 2.69. The highest BCUT2D eigenvalue weighted by atomic mass is 16.5. The second-order valence-electron chi connectivity index (χ2n) is 5.44. The molecule has 2 aliphatic heterocycles. The summed E-state index contributed by atoms with van der Waals surface area (Å²) in [5.41, 5.74) is 0. The van der Waals surface area contributed by atoms with Gasteiger partial charge in [-0.3, -0.25) is 4.79 Å². The van der Waals surface area contributed by atoms with Crippen LogP contribution in [-0.4, -0.2) is 74.2 Å². The summed E-state index contributed by atoms with van der Waals surface area (Å²) in [6.45, 7) is 7.24. The third-order valence-electron chi connectivity index (χ3n) is 3.92. The smallest absolute Gasteiger partial charge is 0.219 e. The number of rotatable bonds is 3. The number of hydrogen-bond acceptors (Lipinski definition) is 4. The Bertz CT molecular complexity index is 277. The monoisotopic (exact) mass is 255 g/mol. The predicted molar refractivity (Wildman–Crippen MR) is 70.5 cm³/mol. The number of likely N-dealkylation sites (tertiary alicyclic amines) is 1. The van der Waals surface area contributed by atoms with Crippen molar-refractivity contribution in [3.05, 3.63) is 0 Å². The lowest BCUT2D eigenvalue weighted by Crippen LogP contribution is -2.49. The molecule has 18 heavy (non-hydrogen) atoms. The minimum atomic E-state index is 0.200. The second kappa shape index (κ2) is 6.50. The Hall–Kier alpha value is -0.650. The van der Waals surface area contributed by atoms with Crippen LogP contribution in [-0.2, 0) is 9.53 Å². The van der Waals surface area contributed by atoms with Gasteiger partial charge in [0, 0.05) is 45.7 Å². The van der Waals surface area contributed by atoms with E-state index in [4.69, 9.17) is 4.74 Å². The molecule has 2 fully saturated rings. The fourth-order valence-corrected chi connectivity index (χ4v) is 2.69. The first-order valence-corrected chi connectivity index (χ1v) is 6.94. The third kappa shape index (κ3) is 3.93. The Morgan fingerprint density at radius 2 is 2.06 bits per heavy atom. The predicted octanol–water partition coefficient (Wildman–Crippen LogP) is -0.0825. The molecule has 2 rings (SSSR count). The van der Waals surface area contributed by atoms with Gasteiger partial charge >= 0.3 is 0 Å². The summed E-state index contributed by atoms with van der Waals surface area (Å²) in [6, 6.07) is 0.538. The van der Waals surface area contributed by atoms with E-state index in [0.29, 0.717) is 12.1 Å². The molecule has 2 aliphatic rings. The van der Waals surface area contributed by atoms with E-state index in [0.717, 1.165) is 52.2 Å². The normalized spacial score (nSPS) is 27.4. The first-order valence-electron chi connectivity index (χ1n) is 6.94. The van der Waals surface area contributed by atoms with Gasteiger partial charge in [-0.25, -0.2) is 0 Å². The largest absolute Gasteiger partial charge is 0.374 e. The molecule has 0 aromatic rings. The Morgan fingerprint density at radius 1 is 1.33 bits per heavy atom. The van der Waals surface area contributed by atoms with Crippen LogP contribution in [0, 0.1) is 0 Å². The molecule has 2 heterocycles. The van der Waals surface area contributed by atoms with Crippen LogP contribution >= 0.6 is 0 Å². The number of nitrogens with one attached hydrogen (secondary N) is 1. The Morgan fingerprint density at radius 3 is 2.67 bits per heavy atom. The van der Waals surface area contributed by atoms with E-state index >= 15 is 0 Å². The maximum absolute atomic E-state index is 11.2. The van der Waals surface area contributed by atoms with Crippen LogP contribution in [0.2, 0.25) is 0 Å². The topological polar surface area (TPSA) is 44.8 Å². The molecule has 0 saturated carbocycles. The molecule has 2 saturated heterocycles. The first kappa shape index (κ1) is 13.8. The van der Waals surface area contributed by atoms with Crippen molar-refractivity contribution in [3.8, 4) is 0 Å². The van der Waals surface area contributed by atoms with Crippen LogP contribution in [0.5, 0.6) is 0 Å². The van der Waals surface area contributed by atoms with Crippen LogP contribution in [0.3, 0.4) is 0 Å². The van der Waals surface area contributed by atoms with Crippen molar-refractivity contribution >= 4 is 5.91 Å². The molecule has 5 nitrogen and oxygen atoms in total. The zero-order valence-electron chi connectivity index (χ0n) is 11.5. The average Bonchev–Trinajstić information content (AvgIpc) is 2.37. The average molecular weight is 255 g/mol. The number of amides is 1. The lowest BCUT2D eigenvalue weighted by atomic mass is 10.0. The van der Waals surface area contributed by atoms with Gasteiger partial charge in [0.25, 0.3) is 0 Å². The molecule has 0 aliphatic carbocycles. The summed E-state index contributed by atoms with van der Waals surface area (Å²) in [7, 11) is 2.14. The van der Waals surface area contributed by atoms with Gasteiger partial charge in [-0.05, 0) is 19.9 Å². The second-order valence-corrected chi connectivity index (χ2v) is 5.44. The molecule has 1 amide bonds. The molecule has 1 atom stereocenters. The van der Waals surface area contributed by atoms with E-state index in [-0.39, 0.29) is 5.91 Å². The number of morpholine rings is 1. The summed E-state index contributed by atoms with van der Waals surface area (Å²) in [4.78, 5) is 15.5. The summed E-state index contributed by atoms with van der Waals surface area (Å²) >= 11 is 0. The van der Waals surface area contributed by atoms with Crippen molar-refractivity contribution in [2.24, 2.45) is 0 Å². The Labute approximate surface area is 109 Å². The number of hydrogen-bond donors (Lipinski definition) is 1. The number of ether oxygens (including phenoxy) is 1. The molecule has 1 unspecified atom stereocenters. The molecule has 104 valence electrons. The first-order chi connectivity index (χ1) is 8.65. The summed E-state index contributed by atoms with van der Waals surface area (Å²) in [5, 5.41) is 3.58. The van der Waals surface area contributed by atoms with Crippen molar-refractivity contribution < 1.29 is 9.53 Å². The van der Waals surface area contributed by atoms with E-state index in [1.165, 1.54) is 0 Å². The standard InChI is InChI=1S/C13H25N3O2/c1-11(17)16-5-3-12(4-6-16)14-9-13-10-15(2)7-8-18-13/h12-14H,3-10H2,1-2H3. The minimum Gasteiger partial charge on any atom is -0.374 e.